The van der Waals surface area contributed by atoms with E-state index in [2.05, 4.69) is 35.1 Å². The fourth-order valence-corrected chi connectivity index (χ4v) is 4.40. The molecule has 4 heteroatoms. The summed E-state index contributed by atoms with van der Waals surface area (Å²) in [6.45, 7) is 4.47. The van der Waals surface area contributed by atoms with Crippen molar-refractivity contribution in [2.45, 2.75) is 45.4 Å². The summed E-state index contributed by atoms with van der Waals surface area (Å²) in [6.07, 6.45) is 4.55. The van der Waals surface area contributed by atoms with Crippen LogP contribution in [0.25, 0.3) is 0 Å². The zero-order chi connectivity index (χ0) is 14.5. The quantitative estimate of drug-likeness (QED) is 0.779. The van der Waals surface area contributed by atoms with Crippen molar-refractivity contribution in [3.8, 4) is 0 Å². The van der Waals surface area contributed by atoms with Crippen molar-refractivity contribution in [1.82, 2.24) is 0 Å². The van der Waals surface area contributed by atoms with E-state index in [1.807, 2.05) is 0 Å². The second-order valence-electron chi connectivity index (χ2n) is 6.66. The van der Waals surface area contributed by atoms with Gasteiger partial charge in [-0.15, -0.1) is 0 Å². The summed E-state index contributed by atoms with van der Waals surface area (Å²) in [5.41, 5.74) is 1.70. The van der Waals surface area contributed by atoms with E-state index in [0.717, 1.165) is 30.5 Å². The standard InChI is InChI=1S/C16H19BrFNO/c1-16(2)6-4-3-5-11(16)13-10-7-9(18)8-12(17)14(10)19-15(13)20/h7-8,11,13H,3-6H2,1-2H3,(H,19,20). The van der Waals surface area contributed by atoms with Crippen LogP contribution in [0.15, 0.2) is 16.6 Å². The van der Waals surface area contributed by atoms with E-state index in [0.29, 0.717) is 4.47 Å². The Labute approximate surface area is 127 Å². The Morgan fingerprint density at radius 1 is 1.35 bits per heavy atom. The molecule has 2 atom stereocenters. The van der Waals surface area contributed by atoms with Gasteiger partial charge in [0.1, 0.15) is 5.82 Å². The number of nitrogens with one attached hydrogen (secondary N) is 1. The molecule has 0 radical (unpaired) electrons. The lowest BCUT2D eigenvalue weighted by Gasteiger charge is -2.41. The summed E-state index contributed by atoms with van der Waals surface area (Å²) < 4.78 is 14.3. The van der Waals surface area contributed by atoms with Gasteiger partial charge in [-0.2, -0.15) is 0 Å². The zero-order valence-corrected chi connectivity index (χ0v) is 13.4. The molecule has 0 bridgehead atoms. The molecule has 3 rings (SSSR count). The Kier molecular flexibility index (Phi) is 3.39. The molecule has 1 aromatic rings. The molecule has 2 nitrogen and oxygen atoms in total. The van der Waals surface area contributed by atoms with E-state index in [9.17, 15) is 9.18 Å². The third-order valence-electron chi connectivity index (χ3n) is 4.94. The Hall–Kier alpha value is -0.900. The molecular formula is C16H19BrFNO. The van der Waals surface area contributed by atoms with Crippen LogP contribution < -0.4 is 5.32 Å². The van der Waals surface area contributed by atoms with Gasteiger partial charge in [-0.3, -0.25) is 4.79 Å². The molecule has 1 heterocycles. The second kappa shape index (κ2) is 4.83. The predicted molar refractivity (Wildman–Crippen MR) is 81.2 cm³/mol. The van der Waals surface area contributed by atoms with Gasteiger partial charge in [0.25, 0.3) is 0 Å². The van der Waals surface area contributed by atoms with Crippen molar-refractivity contribution in [2.75, 3.05) is 5.32 Å². The number of rotatable bonds is 1. The maximum atomic E-state index is 13.7. The number of hydrogen-bond acceptors (Lipinski definition) is 1. The van der Waals surface area contributed by atoms with Crippen molar-refractivity contribution >= 4 is 27.5 Å². The number of carbonyl (C=O) groups is 1. The van der Waals surface area contributed by atoms with E-state index in [4.69, 9.17) is 0 Å². The molecule has 20 heavy (non-hydrogen) atoms. The third-order valence-corrected chi connectivity index (χ3v) is 5.57. The van der Waals surface area contributed by atoms with E-state index < -0.39 is 0 Å². The summed E-state index contributed by atoms with van der Waals surface area (Å²) in [6, 6.07) is 2.93. The maximum absolute atomic E-state index is 13.7. The first-order valence-electron chi connectivity index (χ1n) is 7.20. The van der Waals surface area contributed by atoms with Crippen LogP contribution in [0.1, 0.15) is 51.0 Å². The Bertz CT molecular complexity index is 570. The van der Waals surface area contributed by atoms with Crippen molar-refractivity contribution < 1.29 is 9.18 Å². The number of benzene rings is 1. The SMILES string of the molecule is CC1(C)CCCCC1C1C(=O)Nc2c(Br)cc(F)cc21. The second-order valence-corrected chi connectivity index (χ2v) is 7.51. The number of hydrogen-bond donors (Lipinski definition) is 1. The average molecular weight is 340 g/mol. The zero-order valence-electron chi connectivity index (χ0n) is 11.8. The summed E-state index contributed by atoms with van der Waals surface area (Å²) in [5.74, 6) is -0.199. The molecule has 1 fully saturated rings. The largest absolute Gasteiger partial charge is 0.324 e. The highest BCUT2D eigenvalue weighted by Crippen LogP contribution is 2.52. The molecular weight excluding hydrogens is 321 g/mol. The first kappa shape index (κ1) is 14.1. The van der Waals surface area contributed by atoms with Gasteiger partial charge in [-0.25, -0.2) is 4.39 Å². The molecule has 1 aromatic carbocycles. The van der Waals surface area contributed by atoms with Gasteiger partial charge in [0.05, 0.1) is 11.6 Å². The topological polar surface area (TPSA) is 29.1 Å². The molecule has 2 aliphatic rings. The fourth-order valence-electron chi connectivity index (χ4n) is 3.85. The minimum Gasteiger partial charge on any atom is -0.324 e. The van der Waals surface area contributed by atoms with E-state index in [-0.39, 0.29) is 29.0 Å². The van der Waals surface area contributed by atoms with Gasteiger partial charge < -0.3 is 5.32 Å². The molecule has 108 valence electrons. The first-order chi connectivity index (χ1) is 9.40. The lowest BCUT2D eigenvalue weighted by Crippen LogP contribution is -2.35. The minimum atomic E-state index is -0.286. The van der Waals surface area contributed by atoms with Crippen LogP contribution in [0, 0.1) is 17.2 Å². The molecule has 1 amide bonds. The van der Waals surface area contributed by atoms with Crippen LogP contribution in [0.4, 0.5) is 10.1 Å². The highest BCUT2D eigenvalue weighted by Gasteiger charge is 2.45. The molecule has 1 aliphatic heterocycles. The molecule has 1 N–H and O–H groups in total. The smallest absolute Gasteiger partial charge is 0.232 e. The third kappa shape index (κ3) is 2.18. The molecule has 1 aliphatic carbocycles. The summed E-state index contributed by atoms with van der Waals surface area (Å²) >= 11 is 3.35. The Balaban J connectivity index is 2.06. The van der Waals surface area contributed by atoms with Crippen molar-refractivity contribution in [3.63, 3.8) is 0 Å². The van der Waals surface area contributed by atoms with E-state index in [1.165, 1.54) is 18.6 Å². The van der Waals surface area contributed by atoms with Gasteiger partial charge in [0, 0.05) is 4.47 Å². The highest BCUT2D eigenvalue weighted by atomic mass is 79.9. The van der Waals surface area contributed by atoms with Crippen molar-refractivity contribution in [3.05, 3.63) is 28.0 Å². The lowest BCUT2D eigenvalue weighted by atomic mass is 9.63. The van der Waals surface area contributed by atoms with Gasteiger partial charge in [-0.1, -0.05) is 26.7 Å². The van der Waals surface area contributed by atoms with Crippen LogP contribution in [0.2, 0.25) is 0 Å². The summed E-state index contributed by atoms with van der Waals surface area (Å²) in [4.78, 5) is 12.4. The molecule has 0 saturated heterocycles. The average Bonchev–Trinajstić information content (AvgIpc) is 2.66. The van der Waals surface area contributed by atoms with Crippen LogP contribution in [-0.2, 0) is 4.79 Å². The van der Waals surface area contributed by atoms with Crippen molar-refractivity contribution in [1.29, 1.82) is 0 Å². The number of amides is 1. The highest BCUT2D eigenvalue weighted by molar-refractivity contribution is 9.10. The van der Waals surface area contributed by atoms with Gasteiger partial charge in [-0.05, 0) is 57.8 Å². The number of fused-ring (bicyclic) bond motifs is 1. The monoisotopic (exact) mass is 339 g/mol. The van der Waals surface area contributed by atoms with E-state index in [1.54, 1.807) is 0 Å². The first-order valence-corrected chi connectivity index (χ1v) is 7.99. The summed E-state index contributed by atoms with van der Waals surface area (Å²) in [5, 5.41) is 2.93. The minimum absolute atomic E-state index is 0.0197. The molecule has 1 saturated carbocycles. The van der Waals surface area contributed by atoms with Crippen LogP contribution >= 0.6 is 15.9 Å². The van der Waals surface area contributed by atoms with Crippen LogP contribution in [0.3, 0.4) is 0 Å². The maximum Gasteiger partial charge on any atom is 0.232 e. The lowest BCUT2D eigenvalue weighted by molar-refractivity contribution is -0.119. The molecule has 0 aromatic heterocycles. The Morgan fingerprint density at radius 2 is 2.10 bits per heavy atom. The van der Waals surface area contributed by atoms with Gasteiger partial charge >= 0.3 is 0 Å². The normalized spacial score (nSPS) is 28.1. The predicted octanol–water partition coefficient (Wildman–Crippen LogP) is 4.84. The van der Waals surface area contributed by atoms with Gasteiger partial charge in [0.15, 0.2) is 0 Å². The van der Waals surface area contributed by atoms with Crippen LogP contribution in [-0.4, -0.2) is 5.91 Å². The van der Waals surface area contributed by atoms with Crippen LogP contribution in [0.5, 0.6) is 0 Å². The molecule has 0 spiro atoms. The number of anilines is 1. The Morgan fingerprint density at radius 3 is 2.80 bits per heavy atom. The van der Waals surface area contributed by atoms with Gasteiger partial charge in [0.2, 0.25) is 5.91 Å². The fraction of sp³-hybridized carbons (Fsp3) is 0.562. The number of halogens is 2. The van der Waals surface area contributed by atoms with E-state index >= 15 is 0 Å². The molecule has 2 unspecified atom stereocenters. The summed E-state index contributed by atoms with van der Waals surface area (Å²) in [7, 11) is 0. The van der Waals surface area contributed by atoms with Crippen molar-refractivity contribution in [2.24, 2.45) is 11.3 Å². The number of carbonyl (C=O) groups excluding carboxylic acids is 1.